The molecule has 0 radical (unpaired) electrons. The van der Waals surface area contributed by atoms with Gasteiger partial charge in [0.05, 0.1) is 6.61 Å². The van der Waals surface area contributed by atoms with Gasteiger partial charge in [0, 0.05) is 5.56 Å². The van der Waals surface area contributed by atoms with E-state index in [-0.39, 0.29) is 0 Å². The minimum absolute atomic E-state index is 0.663. The van der Waals surface area contributed by atoms with E-state index in [0.29, 0.717) is 11.8 Å². The smallest absolute Gasteiger partial charge is 0.119 e. The lowest BCUT2D eigenvalue weighted by molar-refractivity contribution is 0.304. The predicted molar refractivity (Wildman–Crippen MR) is 163 cm³/mol. The van der Waals surface area contributed by atoms with E-state index < -0.39 is 0 Å². The molecule has 0 heterocycles. The summed E-state index contributed by atoms with van der Waals surface area (Å²) in [5.74, 6) is 10.8. The molecule has 2 aliphatic rings. The molecule has 0 atom stereocenters. The van der Waals surface area contributed by atoms with Crippen molar-refractivity contribution in [2.75, 3.05) is 6.61 Å². The van der Waals surface area contributed by atoms with Gasteiger partial charge in [0.15, 0.2) is 0 Å². The highest BCUT2D eigenvalue weighted by molar-refractivity contribution is 5.39. The Balaban J connectivity index is 1.17. The van der Waals surface area contributed by atoms with E-state index in [0.717, 1.165) is 36.2 Å². The second kappa shape index (κ2) is 15.8. The minimum Gasteiger partial charge on any atom is -0.494 e. The van der Waals surface area contributed by atoms with Gasteiger partial charge >= 0.3 is 0 Å². The highest BCUT2D eigenvalue weighted by atomic mass is 16.5. The van der Waals surface area contributed by atoms with Crippen LogP contribution in [0.15, 0.2) is 60.7 Å². The van der Waals surface area contributed by atoms with Crippen molar-refractivity contribution in [1.82, 2.24) is 0 Å². The van der Waals surface area contributed by atoms with Gasteiger partial charge in [0.25, 0.3) is 0 Å². The Labute approximate surface area is 233 Å². The van der Waals surface area contributed by atoms with Crippen molar-refractivity contribution in [3.8, 4) is 17.6 Å². The molecule has 1 heteroatoms. The lowest BCUT2D eigenvalue weighted by Gasteiger charge is -2.28. The molecular formula is C37H50O. The standard InChI is InChI=1S/C37H50O/c1-3-5-9-29-38-37-27-25-36(26-28-37)35-23-17-32(18-24-35)12-8-7-11-31-15-21-34(22-16-31)33-19-13-30(14-20-33)10-6-4-2/h8,12,15-16,21-22,25-28,30,32-33,35H,3-6,9-10,13-14,17-20,23-24,29H2,1-2H3/b12-8+/t30-,32-,33-,35-. The number of allylic oxidation sites excluding steroid dienone is 2. The maximum atomic E-state index is 5.88. The summed E-state index contributed by atoms with van der Waals surface area (Å²) in [6, 6.07) is 18.0. The van der Waals surface area contributed by atoms with E-state index in [1.54, 1.807) is 0 Å². The average molecular weight is 511 g/mol. The highest BCUT2D eigenvalue weighted by Gasteiger charge is 2.22. The molecule has 0 unspecified atom stereocenters. The maximum Gasteiger partial charge on any atom is 0.119 e. The van der Waals surface area contributed by atoms with Gasteiger partial charge in [0.1, 0.15) is 5.75 Å². The maximum absolute atomic E-state index is 5.88. The van der Waals surface area contributed by atoms with Crippen molar-refractivity contribution in [1.29, 1.82) is 0 Å². The summed E-state index contributed by atoms with van der Waals surface area (Å²) in [4.78, 5) is 0. The van der Waals surface area contributed by atoms with Crippen molar-refractivity contribution in [2.45, 2.75) is 116 Å². The molecule has 4 rings (SSSR count). The van der Waals surface area contributed by atoms with Gasteiger partial charge in [-0.25, -0.2) is 0 Å². The first kappa shape index (κ1) is 28.5. The SMILES string of the molecule is CCCCCOc1ccc([C@H]2CC[C@H](/C=C/C#Cc3ccc([C@H]4CC[C@H](CCCC)CC4)cc3)CC2)cc1. The van der Waals surface area contributed by atoms with Crippen molar-refractivity contribution in [3.63, 3.8) is 0 Å². The number of hydrogen-bond donors (Lipinski definition) is 0. The quantitative estimate of drug-likeness (QED) is 0.216. The number of ether oxygens (including phenoxy) is 1. The third kappa shape index (κ3) is 9.08. The molecule has 0 saturated heterocycles. The van der Waals surface area contributed by atoms with Gasteiger partial charge in [-0.3, -0.25) is 0 Å². The van der Waals surface area contributed by atoms with Crippen molar-refractivity contribution in [2.24, 2.45) is 11.8 Å². The van der Waals surface area contributed by atoms with Crippen molar-refractivity contribution >= 4 is 0 Å². The molecule has 2 aromatic rings. The molecule has 0 bridgehead atoms. The lowest BCUT2D eigenvalue weighted by Crippen LogP contribution is -2.13. The Morgan fingerprint density at radius 3 is 1.95 bits per heavy atom. The molecule has 2 fully saturated rings. The van der Waals surface area contributed by atoms with Crippen LogP contribution >= 0.6 is 0 Å². The minimum atomic E-state index is 0.663. The van der Waals surface area contributed by atoms with Crippen LogP contribution in [-0.2, 0) is 0 Å². The predicted octanol–water partition coefficient (Wildman–Crippen LogP) is 10.6. The number of hydrogen-bond acceptors (Lipinski definition) is 1. The first-order valence-corrected chi connectivity index (χ1v) is 15.8. The zero-order valence-electron chi connectivity index (χ0n) is 24.1. The second-order valence-electron chi connectivity index (χ2n) is 11.8. The average Bonchev–Trinajstić information content (AvgIpc) is 2.98. The molecule has 204 valence electrons. The summed E-state index contributed by atoms with van der Waals surface area (Å²) in [5.41, 5.74) is 4.13. The van der Waals surface area contributed by atoms with Crippen LogP contribution in [0.5, 0.6) is 5.75 Å². The topological polar surface area (TPSA) is 9.23 Å². The number of rotatable bonds is 11. The fourth-order valence-corrected chi connectivity index (χ4v) is 6.45. The summed E-state index contributed by atoms with van der Waals surface area (Å²) in [6.07, 6.45) is 22.9. The molecule has 2 saturated carbocycles. The van der Waals surface area contributed by atoms with Crippen LogP contribution < -0.4 is 4.74 Å². The molecule has 0 N–H and O–H groups in total. The third-order valence-electron chi connectivity index (χ3n) is 9.00. The zero-order valence-corrected chi connectivity index (χ0v) is 24.1. The van der Waals surface area contributed by atoms with Gasteiger partial charge in [0.2, 0.25) is 0 Å². The van der Waals surface area contributed by atoms with Gasteiger partial charge in [-0.1, -0.05) is 88.1 Å². The summed E-state index contributed by atoms with van der Waals surface area (Å²) in [5, 5.41) is 0. The summed E-state index contributed by atoms with van der Waals surface area (Å²) in [6.45, 7) is 5.37. The van der Waals surface area contributed by atoms with E-state index >= 15 is 0 Å². The molecule has 0 amide bonds. The number of unbranched alkanes of at least 4 members (excludes halogenated alkanes) is 3. The van der Waals surface area contributed by atoms with Gasteiger partial charge < -0.3 is 4.74 Å². The van der Waals surface area contributed by atoms with E-state index in [2.05, 4.69) is 86.4 Å². The summed E-state index contributed by atoms with van der Waals surface area (Å²) >= 11 is 0. The van der Waals surface area contributed by atoms with Crippen LogP contribution in [-0.4, -0.2) is 6.61 Å². The van der Waals surface area contributed by atoms with E-state index in [1.165, 1.54) is 94.6 Å². The molecular weight excluding hydrogens is 460 g/mol. The van der Waals surface area contributed by atoms with E-state index in [4.69, 9.17) is 4.74 Å². The van der Waals surface area contributed by atoms with Crippen LogP contribution in [0.4, 0.5) is 0 Å². The Morgan fingerprint density at radius 2 is 1.32 bits per heavy atom. The largest absolute Gasteiger partial charge is 0.494 e. The molecule has 2 aromatic carbocycles. The van der Waals surface area contributed by atoms with Crippen LogP contribution in [0.25, 0.3) is 0 Å². The number of benzene rings is 2. The van der Waals surface area contributed by atoms with Crippen LogP contribution in [0.2, 0.25) is 0 Å². The first-order chi connectivity index (χ1) is 18.7. The molecule has 0 aromatic heterocycles. The summed E-state index contributed by atoms with van der Waals surface area (Å²) in [7, 11) is 0. The Hall–Kier alpha value is -2.46. The fraction of sp³-hybridized carbons (Fsp3) is 0.568. The second-order valence-corrected chi connectivity index (χ2v) is 11.8. The van der Waals surface area contributed by atoms with Crippen molar-refractivity contribution < 1.29 is 4.74 Å². The zero-order chi connectivity index (χ0) is 26.4. The van der Waals surface area contributed by atoms with Crippen LogP contribution in [0.3, 0.4) is 0 Å². The molecule has 0 aliphatic heterocycles. The normalized spacial score (nSPS) is 23.6. The fourth-order valence-electron chi connectivity index (χ4n) is 6.45. The van der Waals surface area contributed by atoms with Crippen LogP contribution in [0.1, 0.15) is 132 Å². The molecule has 38 heavy (non-hydrogen) atoms. The third-order valence-corrected chi connectivity index (χ3v) is 9.00. The summed E-state index contributed by atoms with van der Waals surface area (Å²) < 4.78 is 5.88. The Morgan fingerprint density at radius 1 is 0.711 bits per heavy atom. The first-order valence-electron chi connectivity index (χ1n) is 15.8. The highest BCUT2D eigenvalue weighted by Crippen LogP contribution is 2.38. The van der Waals surface area contributed by atoms with E-state index in [9.17, 15) is 0 Å². The van der Waals surface area contributed by atoms with Gasteiger partial charge in [-0.2, -0.15) is 0 Å². The molecule has 2 aliphatic carbocycles. The van der Waals surface area contributed by atoms with E-state index in [1.807, 2.05) is 0 Å². The Bertz CT molecular complexity index is 1000. The lowest BCUT2D eigenvalue weighted by atomic mass is 9.77. The van der Waals surface area contributed by atoms with Crippen LogP contribution in [0, 0.1) is 23.7 Å². The Kier molecular flexibility index (Phi) is 11.9. The molecule has 0 spiro atoms. The van der Waals surface area contributed by atoms with Crippen molar-refractivity contribution in [3.05, 3.63) is 77.4 Å². The van der Waals surface area contributed by atoms with Gasteiger partial charge in [-0.05, 0) is 123 Å². The molecule has 1 nitrogen and oxygen atoms in total. The van der Waals surface area contributed by atoms with Gasteiger partial charge in [-0.15, -0.1) is 0 Å². The monoisotopic (exact) mass is 510 g/mol.